The minimum Gasteiger partial charge on any atom is -0.367 e. The number of ether oxygens (including phenoxy) is 1. The van der Waals surface area contributed by atoms with Crippen LogP contribution >= 0.6 is 0 Å². The molecule has 1 fully saturated rings. The van der Waals surface area contributed by atoms with Crippen molar-refractivity contribution in [2.45, 2.75) is 70.9 Å². The molecule has 1 aliphatic rings. The molecule has 0 aliphatic heterocycles. The van der Waals surface area contributed by atoms with E-state index in [1.54, 1.807) is 0 Å². The van der Waals surface area contributed by atoms with E-state index in [4.69, 9.17) is 4.74 Å². The van der Waals surface area contributed by atoms with Gasteiger partial charge in [-0.1, -0.05) is 19.3 Å². The fraction of sp³-hybridized carbons (Fsp3) is 0.750. The second kappa shape index (κ2) is 6.53. The van der Waals surface area contributed by atoms with Crippen LogP contribution in [0.4, 0.5) is 0 Å². The van der Waals surface area contributed by atoms with Gasteiger partial charge in [0, 0.05) is 18.8 Å². The average molecular weight is 278 g/mol. The van der Waals surface area contributed by atoms with E-state index < -0.39 is 5.60 Å². The Morgan fingerprint density at radius 3 is 2.65 bits per heavy atom. The van der Waals surface area contributed by atoms with Gasteiger partial charge in [0.2, 0.25) is 0 Å². The molecule has 2 rings (SSSR count). The molecule has 0 radical (unpaired) electrons. The van der Waals surface area contributed by atoms with Crippen molar-refractivity contribution in [3.05, 3.63) is 18.0 Å². The molecule has 1 aliphatic carbocycles. The summed E-state index contributed by atoms with van der Waals surface area (Å²) < 4.78 is 7.77. The van der Waals surface area contributed by atoms with E-state index in [0.717, 1.165) is 31.4 Å². The van der Waals surface area contributed by atoms with E-state index in [0.29, 0.717) is 19.1 Å². The van der Waals surface area contributed by atoms with Gasteiger partial charge in [0.15, 0.2) is 5.78 Å². The molecule has 0 saturated heterocycles. The van der Waals surface area contributed by atoms with Crippen LogP contribution < -0.4 is 0 Å². The third kappa shape index (κ3) is 3.29. The molecule has 4 heteroatoms. The Kier molecular flexibility index (Phi) is 4.97. The van der Waals surface area contributed by atoms with Crippen LogP contribution in [-0.4, -0.2) is 27.8 Å². The van der Waals surface area contributed by atoms with Crippen molar-refractivity contribution >= 4 is 5.78 Å². The molecule has 4 nitrogen and oxygen atoms in total. The van der Waals surface area contributed by atoms with E-state index in [1.165, 1.54) is 6.42 Å². The third-order valence-corrected chi connectivity index (χ3v) is 4.12. The first-order valence-corrected chi connectivity index (χ1v) is 7.78. The summed E-state index contributed by atoms with van der Waals surface area (Å²) in [5.74, 6) is 0.202. The van der Waals surface area contributed by atoms with Crippen LogP contribution in [0.2, 0.25) is 0 Å². The van der Waals surface area contributed by atoms with Crippen LogP contribution in [0.5, 0.6) is 0 Å². The molecule has 1 aromatic heterocycles. The van der Waals surface area contributed by atoms with Crippen molar-refractivity contribution in [1.29, 1.82) is 0 Å². The number of Topliss-reactive ketones (excluding diaryl/α,β-unsaturated/α-hetero) is 1. The predicted molar refractivity (Wildman–Crippen MR) is 78.8 cm³/mol. The quantitative estimate of drug-likeness (QED) is 0.802. The van der Waals surface area contributed by atoms with E-state index >= 15 is 0 Å². The molecule has 1 aromatic rings. The zero-order valence-electron chi connectivity index (χ0n) is 12.9. The van der Waals surface area contributed by atoms with Crippen LogP contribution in [0.15, 0.2) is 12.3 Å². The molecule has 112 valence electrons. The number of carbonyl (C=O) groups excluding carboxylic acids is 1. The highest BCUT2D eigenvalue weighted by molar-refractivity contribution is 5.89. The van der Waals surface area contributed by atoms with Gasteiger partial charge in [-0.15, -0.1) is 0 Å². The number of nitrogens with zero attached hydrogens (tertiary/aromatic N) is 2. The Morgan fingerprint density at radius 2 is 2.10 bits per heavy atom. The van der Waals surface area contributed by atoms with Crippen molar-refractivity contribution < 1.29 is 9.53 Å². The smallest absolute Gasteiger partial charge is 0.170 e. The van der Waals surface area contributed by atoms with Crippen molar-refractivity contribution in [3.63, 3.8) is 0 Å². The molecule has 0 spiro atoms. The number of ketones is 1. The highest BCUT2D eigenvalue weighted by Crippen LogP contribution is 2.33. The first-order valence-electron chi connectivity index (χ1n) is 7.78. The Morgan fingerprint density at radius 1 is 1.40 bits per heavy atom. The van der Waals surface area contributed by atoms with Gasteiger partial charge in [-0.05, 0) is 39.7 Å². The lowest BCUT2D eigenvalue weighted by Crippen LogP contribution is -2.44. The summed E-state index contributed by atoms with van der Waals surface area (Å²) in [6, 6.07) is 2.27. The van der Waals surface area contributed by atoms with Gasteiger partial charge >= 0.3 is 0 Å². The highest BCUT2D eigenvalue weighted by Gasteiger charge is 2.39. The zero-order valence-corrected chi connectivity index (χ0v) is 12.9. The summed E-state index contributed by atoms with van der Waals surface area (Å²) in [4.78, 5) is 12.7. The van der Waals surface area contributed by atoms with E-state index in [2.05, 4.69) is 18.9 Å². The lowest BCUT2D eigenvalue weighted by molar-refractivity contribution is -0.148. The van der Waals surface area contributed by atoms with Gasteiger partial charge in [-0.2, -0.15) is 5.10 Å². The van der Waals surface area contributed by atoms with Gasteiger partial charge in [0.1, 0.15) is 5.60 Å². The molecule has 0 unspecified atom stereocenters. The molecule has 0 atom stereocenters. The van der Waals surface area contributed by atoms with Gasteiger partial charge in [0.25, 0.3) is 0 Å². The molecule has 1 saturated carbocycles. The molecular formula is C16H26N2O2. The molecule has 20 heavy (non-hydrogen) atoms. The fourth-order valence-electron chi connectivity index (χ4n) is 2.99. The summed E-state index contributed by atoms with van der Waals surface area (Å²) in [5.41, 5.74) is 0.308. The summed E-state index contributed by atoms with van der Waals surface area (Å²) in [6.45, 7) is 6.74. The molecular weight excluding hydrogens is 252 g/mol. The van der Waals surface area contributed by atoms with Crippen LogP contribution in [0, 0.1) is 0 Å². The van der Waals surface area contributed by atoms with Crippen molar-refractivity contribution in [3.8, 4) is 0 Å². The van der Waals surface area contributed by atoms with Crippen molar-refractivity contribution in [1.82, 2.24) is 9.78 Å². The molecule has 0 amide bonds. The number of carbonyl (C=O) groups is 1. The standard InChI is InChI=1S/C16H26N2O2/c1-4-20-16(9-6-5-7-10-16)15(19)12-14-8-11-18(17-14)13(2)3/h8,11,13H,4-7,9-10,12H2,1-3H3. The highest BCUT2D eigenvalue weighted by atomic mass is 16.5. The minimum atomic E-state index is -0.547. The van der Waals surface area contributed by atoms with Gasteiger partial charge in [-0.3, -0.25) is 9.48 Å². The Bertz CT molecular complexity index is 440. The topological polar surface area (TPSA) is 44.1 Å². The Balaban J connectivity index is 2.07. The van der Waals surface area contributed by atoms with Gasteiger partial charge in [-0.25, -0.2) is 0 Å². The van der Waals surface area contributed by atoms with Crippen LogP contribution in [0.25, 0.3) is 0 Å². The first-order chi connectivity index (χ1) is 9.57. The van der Waals surface area contributed by atoms with E-state index in [9.17, 15) is 4.79 Å². The number of rotatable bonds is 6. The van der Waals surface area contributed by atoms with Crippen LogP contribution in [-0.2, 0) is 16.0 Å². The second-order valence-electron chi connectivity index (χ2n) is 5.97. The minimum absolute atomic E-state index is 0.202. The van der Waals surface area contributed by atoms with Crippen LogP contribution in [0.3, 0.4) is 0 Å². The van der Waals surface area contributed by atoms with Crippen LogP contribution in [0.1, 0.15) is 64.6 Å². The lowest BCUT2D eigenvalue weighted by atomic mass is 9.80. The maximum absolute atomic E-state index is 12.7. The molecule has 0 aromatic carbocycles. The van der Waals surface area contributed by atoms with Crippen molar-refractivity contribution in [2.24, 2.45) is 0 Å². The summed E-state index contributed by atoms with van der Waals surface area (Å²) >= 11 is 0. The number of hydrogen-bond acceptors (Lipinski definition) is 3. The van der Waals surface area contributed by atoms with E-state index in [-0.39, 0.29) is 5.78 Å². The maximum Gasteiger partial charge on any atom is 0.170 e. The SMILES string of the molecule is CCOC1(C(=O)Cc2ccn(C(C)C)n2)CCCCC1. The normalized spacial score (nSPS) is 18.4. The summed E-state index contributed by atoms with van der Waals surface area (Å²) in [7, 11) is 0. The lowest BCUT2D eigenvalue weighted by Gasteiger charge is -2.35. The largest absolute Gasteiger partial charge is 0.367 e. The monoisotopic (exact) mass is 278 g/mol. The zero-order chi connectivity index (χ0) is 14.6. The number of hydrogen-bond donors (Lipinski definition) is 0. The van der Waals surface area contributed by atoms with Gasteiger partial charge < -0.3 is 4.74 Å². The number of aromatic nitrogens is 2. The third-order valence-electron chi connectivity index (χ3n) is 4.12. The fourth-order valence-corrected chi connectivity index (χ4v) is 2.99. The first kappa shape index (κ1) is 15.2. The van der Waals surface area contributed by atoms with Gasteiger partial charge in [0.05, 0.1) is 12.1 Å². The maximum atomic E-state index is 12.7. The average Bonchev–Trinajstić information content (AvgIpc) is 2.89. The second-order valence-corrected chi connectivity index (χ2v) is 5.97. The van der Waals surface area contributed by atoms with E-state index in [1.807, 2.05) is 23.9 Å². The summed E-state index contributed by atoms with van der Waals surface area (Å²) in [5, 5.41) is 4.48. The van der Waals surface area contributed by atoms with Crippen molar-refractivity contribution in [2.75, 3.05) is 6.61 Å². The molecule has 0 bridgehead atoms. The Hall–Kier alpha value is -1.16. The predicted octanol–water partition coefficient (Wildman–Crippen LogP) is 3.32. The Labute approximate surface area is 121 Å². The summed E-state index contributed by atoms with van der Waals surface area (Å²) in [6.07, 6.45) is 7.46. The molecule has 0 N–H and O–H groups in total. The molecule has 1 heterocycles.